The number of nitrogens with one attached hydrogen (secondary N) is 1. The Morgan fingerprint density at radius 1 is 0.906 bits per heavy atom. The van der Waals surface area contributed by atoms with E-state index >= 15 is 0 Å². The molecule has 5 rings (SSSR count). The second kappa shape index (κ2) is 8.96. The summed E-state index contributed by atoms with van der Waals surface area (Å²) < 4.78 is 27.8. The first-order valence-corrected chi connectivity index (χ1v) is 13.2. The molecule has 0 bridgehead atoms. The van der Waals surface area contributed by atoms with Gasteiger partial charge in [-0.3, -0.25) is 9.69 Å². The number of nitrogens with zero attached hydrogens (tertiary/aromatic N) is 2. The van der Waals surface area contributed by atoms with E-state index in [1.807, 2.05) is 18.2 Å². The predicted octanol–water partition coefficient (Wildman–Crippen LogP) is 2.68. The lowest BCUT2D eigenvalue weighted by atomic mass is 9.88. The van der Waals surface area contributed by atoms with Crippen LogP contribution in [-0.2, 0) is 34.1 Å². The third-order valence-electron chi connectivity index (χ3n) is 7.11. The van der Waals surface area contributed by atoms with Crippen LogP contribution in [0.5, 0.6) is 0 Å². The van der Waals surface area contributed by atoms with Gasteiger partial charge in [0.05, 0.1) is 17.5 Å². The molecular formula is C25H31N3O3S. The molecule has 1 heterocycles. The quantitative estimate of drug-likeness (QED) is 0.756. The van der Waals surface area contributed by atoms with E-state index in [9.17, 15) is 13.2 Å². The van der Waals surface area contributed by atoms with Crippen molar-refractivity contribution in [3.05, 3.63) is 64.7 Å². The number of carbonyl (C=O) groups excluding carboxylic acids is 1. The van der Waals surface area contributed by atoms with Gasteiger partial charge in [0, 0.05) is 26.2 Å². The molecule has 6 nitrogen and oxygen atoms in total. The molecule has 32 heavy (non-hydrogen) atoms. The molecule has 1 atom stereocenters. The van der Waals surface area contributed by atoms with Crippen LogP contribution in [0, 0.1) is 0 Å². The number of carbonyl (C=O) groups is 1. The molecule has 2 aliphatic carbocycles. The van der Waals surface area contributed by atoms with Crippen LogP contribution in [0.25, 0.3) is 0 Å². The molecule has 0 saturated carbocycles. The van der Waals surface area contributed by atoms with E-state index in [4.69, 9.17) is 0 Å². The first-order valence-electron chi connectivity index (χ1n) is 11.7. The molecule has 1 amide bonds. The van der Waals surface area contributed by atoms with Gasteiger partial charge in [-0.05, 0) is 72.9 Å². The van der Waals surface area contributed by atoms with Crippen molar-refractivity contribution in [3.8, 4) is 0 Å². The van der Waals surface area contributed by atoms with Gasteiger partial charge in [-0.25, -0.2) is 8.42 Å². The van der Waals surface area contributed by atoms with Crippen molar-refractivity contribution in [2.75, 3.05) is 32.7 Å². The van der Waals surface area contributed by atoms with Gasteiger partial charge in [-0.1, -0.05) is 30.3 Å². The average molecular weight is 454 g/mol. The van der Waals surface area contributed by atoms with Crippen molar-refractivity contribution in [3.63, 3.8) is 0 Å². The maximum absolute atomic E-state index is 13.1. The van der Waals surface area contributed by atoms with Gasteiger partial charge in [-0.2, -0.15) is 4.31 Å². The van der Waals surface area contributed by atoms with Crippen LogP contribution in [0.3, 0.4) is 0 Å². The average Bonchev–Trinajstić information content (AvgIpc) is 3.28. The Labute approximate surface area is 190 Å². The third-order valence-corrected chi connectivity index (χ3v) is 9.01. The van der Waals surface area contributed by atoms with Crippen molar-refractivity contribution in [2.45, 2.75) is 49.5 Å². The largest absolute Gasteiger partial charge is 0.348 e. The lowest BCUT2D eigenvalue weighted by Gasteiger charge is -2.34. The van der Waals surface area contributed by atoms with E-state index in [0.717, 1.165) is 38.5 Å². The molecule has 1 saturated heterocycles. The number of rotatable bonds is 5. The lowest BCUT2D eigenvalue weighted by molar-refractivity contribution is -0.123. The van der Waals surface area contributed by atoms with Crippen LogP contribution in [0.15, 0.2) is 47.4 Å². The minimum Gasteiger partial charge on any atom is -0.348 e. The summed E-state index contributed by atoms with van der Waals surface area (Å²) >= 11 is 0. The van der Waals surface area contributed by atoms with Crippen LogP contribution >= 0.6 is 0 Å². The smallest absolute Gasteiger partial charge is 0.243 e. The summed E-state index contributed by atoms with van der Waals surface area (Å²) in [7, 11) is -3.49. The zero-order chi connectivity index (χ0) is 22.1. The fraction of sp³-hybridized carbons (Fsp3) is 0.480. The van der Waals surface area contributed by atoms with E-state index in [-0.39, 0.29) is 11.9 Å². The van der Waals surface area contributed by atoms with Gasteiger partial charge in [-0.15, -0.1) is 0 Å². The van der Waals surface area contributed by atoms with Gasteiger partial charge in [0.2, 0.25) is 15.9 Å². The monoisotopic (exact) mass is 453 g/mol. The molecule has 1 aliphatic heterocycles. The summed E-state index contributed by atoms with van der Waals surface area (Å²) in [5.41, 5.74) is 5.01. The number of benzene rings is 2. The minimum absolute atomic E-state index is 0.0154. The molecule has 0 spiro atoms. The van der Waals surface area contributed by atoms with Crippen molar-refractivity contribution >= 4 is 15.9 Å². The van der Waals surface area contributed by atoms with Gasteiger partial charge < -0.3 is 5.32 Å². The van der Waals surface area contributed by atoms with Crippen LogP contribution in [0.2, 0.25) is 0 Å². The molecular weight excluding hydrogens is 422 g/mol. The van der Waals surface area contributed by atoms with E-state index < -0.39 is 10.0 Å². The highest BCUT2D eigenvalue weighted by Crippen LogP contribution is 2.29. The normalized spacial score (nSPS) is 21.7. The second-order valence-electron chi connectivity index (χ2n) is 9.18. The number of sulfonamides is 1. The number of hydrogen-bond acceptors (Lipinski definition) is 4. The van der Waals surface area contributed by atoms with Gasteiger partial charge in [0.25, 0.3) is 0 Å². The van der Waals surface area contributed by atoms with Gasteiger partial charge in [0.1, 0.15) is 0 Å². The molecule has 170 valence electrons. The molecule has 0 unspecified atom stereocenters. The number of amides is 1. The van der Waals surface area contributed by atoms with E-state index in [1.54, 1.807) is 10.4 Å². The first kappa shape index (κ1) is 21.6. The first-order chi connectivity index (χ1) is 15.5. The Hall–Kier alpha value is -2.22. The minimum atomic E-state index is -3.49. The number of fused-ring (bicyclic) bond motifs is 2. The maximum atomic E-state index is 13.1. The number of aryl methyl sites for hydroxylation is 3. The molecule has 2 aromatic rings. The topological polar surface area (TPSA) is 69.7 Å². The lowest BCUT2D eigenvalue weighted by Crippen LogP contribution is -2.51. The summed E-state index contributed by atoms with van der Waals surface area (Å²) in [6, 6.07) is 14.0. The standard InChI is InChI=1S/C25H31N3O3S/c29-25(26-24-10-4-7-20-5-1-2-9-23(20)24)18-27-13-15-28(16-14-27)32(30,31)22-12-11-19-6-3-8-21(19)17-22/h1-2,5,9,11-12,17,24H,3-4,6-8,10,13-16,18H2,(H,26,29)/t24-/m1/s1. The fourth-order valence-corrected chi connectivity index (χ4v) is 6.81. The van der Waals surface area contributed by atoms with E-state index in [2.05, 4.69) is 28.4 Å². The molecule has 1 N–H and O–H groups in total. The zero-order valence-electron chi connectivity index (χ0n) is 18.4. The molecule has 3 aliphatic rings. The summed E-state index contributed by atoms with van der Waals surface area (Å²) in [5.74, 6) is 0.0154. The third kappa shape index (κ3) is 4.34. The Morgan fingerprint density at radius 2 is 1.66 bits per heavy atom. The highest BCUT2D eigenvalue weighted by atomic mass is 32.2. The van der Waals surface area contributed by atoms with E-state index in [0.29, 0.717) is 37.6 Å². The second-order valence-corrected chi connectivity index (χ2v) is 11.1. The summed E-state index contributed by atoms with van der Waals surface area (Å²) in [6.45, 7) is 2.28. The zero-order valence-corrected chi connectivity index (χ0v) is 19.2. The SMILES string of the molecule is O=C(CN1CCN(S(=O)(=O)c2ccc3c(c2)CCC3)CC1)N[C@@H]1CCCc2ccccc21. The fourth-order valence-electron chi connectivity index (χ4n) is 5.33. The van der Waals surface area contributed by atoms with Crippen molar-refractivity contribution in [1.29, 1.82) is 0 Å². The van der Waals surface area contributed by atoms with Crippen LogP contribution < -0.4 is 5.32 Å². The van der Waals surface area contributed by atoms with Crippen LogP contribution in [-0.4, -0.2) is 56.3 Å². The van der Waals surface area contributed by atoms with Crippen molar-refractivity contribution < 1.29 is 13.2 Å². The molecule has 0 radical (unpaired) electrons. The molecule has 0 aromatic heterocycles. The summed E-state index contributed by atoms with van der Waals surface area (Å²) in [4.78, 5) is 15.2. The number of hydrogen-bond donors (Lipinski definition) is 1. The van der Waals surface area contributed by atoms with Crippen LogP contribution in [0.1, 0.15) is 47.6 Å². The van der Waals surface area contributed by atoms with Crippen molar-refractivity contribution in [1.82, 2.24) is 14.5 Å². The Morgan fingerprint density at radius 3 is 2.50 bits per heavy atom. The highest BCUT2D eigenvalue weighted by Gasteiger charge is 2.30. The van der Waals surface area contributed by atoms with Crippen LogP contribution in [0.4, 0.5) is 0 Å². The summed E-state index contributed by atoms with van der Waals surface area (Å²) in [6.07, 6.45) is 6.24. The maximum Gasteiger partial charge on any atom is 0.243 e. The van der Waals surface area contributed by atoms with Gasteiger partial charge >= 0.3 is 0 Å². The van der Waals surface area contributed by atoms with E-state index in [1.165, 1.54) is 22.3 Å². The Bertz CT molecular complexity index is 1110. The predicted molar refractivity (Wildman–Crippen MR) is 124 cm³/mol. The Kier molecular flexibility index (Phi) is 6.05. The van der Waals surface area contributed by atoms with Gasteiger partial charge in [0.15, 0.2) is 0 Å². The highest BCUT2D eigenvalue weighted by molar-refractivity contribution is 7.89. The Balaban J connectivity index is 1.16. The number of piperazine rings is 1. The molecule has 1 fully saturated rings. The molecule has 7 heteroatoms. The van der Waals surface area contributed by atoms with Crippen molar-refractivity contribution in [2.24, 2.45) is 0 Å². The summed E-state index contributed by atoms with van der Waals surface area (Å²) in [5, 5.41) is 3.20. The molecule has 2 aromatic carbocycles.